The van der Waals surface area contributed by atoms with Crippen molar-refractivity contribution in [1.29, 1.82) is 0 Å². The Balaban J connectivity index is 1.99. The Labute approximate surface area is 128 Å². The van der Waals surface area contributed by atoms with Crippen LogP contribution in [-0.4, -0.2) is 34.4 Å². The normalized spacial score (nSPS) is 12.9. The van der Waals surface area contributed by atoms with Gasteiger partial charge in [0.25, 0.3) is 0 Å². The Bertz CT molecular complexity index is 679. The molecule has 2 rings (SSSR count). The molecule has 1 atom stereocenters. The number of aliphatic hydroxyl groups excluding tert-OH is 1. The van der Waals surface area contributed by atoms with Crippen molar-refractivity contribution in [3.8, 4) is 5.75 Å². The molecular weight excluding hydrogens is 284 g/mol. The molecule has 1 heterocycles. The number of anilines is 1. The zero-order chi connectivity index (χ0) is 16.3. The van der Waals surface area contributed by atoms with Gasteiger partial charge in [0.2, 0.25) is 0 Å². The van der Waals surface area contributed by atoms with E-state index in [9.17, 15) is 9.90 Å². The van der Waals surface area contributed by atoms with Gasteiger partial charge in [-0.1, -0.05) is 0 Å². The minimum atomic E-state index is -1.33. The van der Waals surface area contributed by atoms with Crippen molar-refractivity contribution in [2.45, 2.75) is 32.5 Å². The summed E-state index contributed by atoms with van der Waals surface area (Å²) >= 11 is 0. The number of nitrogens with two attached hydrogens (primary N) is 1. The van der Waals surface area contributed by atoms with Crippen molar-refractivity contribution in [3.63, 3.8) is 0 Å². The highest BCUT2D eigenvalue weighted by Gasteiger charge is 2.23. The first-order chi connectivity index (χ1) is 10.2. The van der Waals surface area contributed by atoms with Crippen molar-refractivity contribution in [2.24, 2.45) is 0 Å². The zero-order valence-electron chi connectivity index (χ0n) is 12.9. The van der Waals surface area contributed by atoms with Crippen LogP contribution in [0.4, 0.5) is 5.82 Å². The van der Waals surface area contributed by atoms with E-state index in [0.29, 0.717) is 11.6 Å². The molecule has 0 aliphatic heterocycles. The van der Waals surface area contributed by atoms with Gasteiger partial charge < -0.3 is 20.3 Å². The topological polar surface area (TPSA) is 94.7 Å². The molecule has 0 saturated carbocycles. The molecule has 6 heteroatoms. The third kappa shape index (κ3) is 4.33. The fourth-order valence-corrected chi connectivity index (χ4v) is 1.82. The lowest BCUT2D eigenvalue weighted by molar-refractivity contribution is -0.166. The van der Waals surface area contributed by atoms with Crippen LogP contribution in [0.5, 0.6) is 5.75 Å². The van der Waals surface area contributed by atoms with Gasteiger partial charge in [-0.05, 0) is 51.1 Å². The lowest BCUT2D eigenvalue weighted by Gasteiger charge is -2.21. The maximum Gasteiger partial charge on any atom is 0.339 e. The van der Waals surface area contributed by atoms with Crippen molar-refractivity contribution in [1.82, 2.24) is 4.98 Å². The molecule has 0 radical (unpaired) electrons. The molecule has 0 saturated heterocycles. The first-order valence-corrected chi connectivity index (χ1v) is 6.94. The summed E-state index contributed by atoms with van der Waals surface area (Å²) in [6.07, 6.45) is -1.33. The van der Waals surface area contributed by atoms with Gasteiger partial charge in [-0.3, -0.25) is 0 Å². The van der Waals surface area contributed by atoms with Crippen molar-refractivity contribution in [3.05, 3.63) is 30.3 Å². The van der Waals surface area contributed by atoms with Crippen molar-refractivity contribution in [2.75, 3.05) is 12.3 Å². The number of benzene rings is 1. The average molecular weight is 304 g/mol. The third-order valence-electron chi connectivity index (χ3n) is 2.77. The second-order valence-corrected chi connectivity index (χ2v) is 5.95. The van der Waals surface area contributed by atoms with E-state index in [-0.39, 0.29) is 6.61 Å². The van der Waals surface area contributed by atoms with E-state index >= 15 is 0 Å². The van der Waals surface area contributed by atoms with E-state index in [1.54, 1.807) is 45.0 Å². The molecule has 6 nitrogen and oxygen atoms in total. The number of carbonyl (C=O) groups excluding carboxylic acids is 1. The number of ether oxygens (including phenoxy) is 2. The predicted molar refractivity (Wildman–Crippen MR) is 83.5 cm³/mol. The molecule has 1 aromatic heterocycles. The van der Waals surface area contributed by atoms with Gasteiger partial charge in [0.15, 0.2) is 6.10 Å². The first-order valence-electron chi connectivity index (χ1n) is 6.94. The number of nitrogen functional groups attached to an aromatic ring is 1. The van der Waals surface area contributed by atoms with Crippen LogP contribution < -0.4 is 10.5 Å². The van der Waals surface area contributed by atoms with E-state index in [0.717, 1.165) is 10.9 Å². The van der Waals surface area contributed by atoms with Gasteiger partial charge in [-0.15, -0.1) is 0 Å². The second kappa shape index (κ2) is 6.19. The summed E-state index contributed by atoms with van der Waals surface area (Å²) < 4.78 is 10.5. The number of hydrogen-bond donors (Lipinski definition) is 2. The smallest absolute Gasteiger partial charge is 0.339 e. The van der Waals surface area contributed by atoms with Crippen molar-refractivity contribution >= 4 is 22.7 Å². The standard InChI is InChI=1S/C16H20N2O4/c1-16(2,3)22-15(20)13(19)9-21-11-5-6-12-10(8-11)4-7-14(17)18-12/h4-8,13,19H,9H2,1-3H3,(H2,17,18). The number of nitrogens with zero attached hydrogens (tertiary/aromatic N) is 1. The van der Waals surface area contributed by atoms with Gasteiger partial charge in [0, 0.05) is 5.39 Å². The van der Waals surface area contributed by atoms with Crippen LogP contribution in [0.1, 0.15) is 20.8 Å². The average Bonchev–Trinajstić information content (AvgIpc) is 2.42. The van der Waals surface area contributed by atoms with E-state index in [1.165, 1.54) is 0 Å². The first kappa shape index (κ1) is 16.0. The monoisotopic (exact) mass is 304 g/mol. The van der Waals surface area contributed by atoms with Crippen LogP contribution in [0.25, 0.3) is 10.9 Å². The van der Waals surface area contributed by atoms with E-state index in [1.807, 2.05) is 6.07 Å². The molecule has 2 aromatic rings. The van der Waals surface area contributed by atoms with Gasteiger partial charge in [0.05, 0.1) is 5.52 Å². The summed E-state index contributed by atoms with van der Waals surface area (Å²) in [5.74, 6) is 0.269. The maximum absolute atomic E-state index is 11.7. The molecule has 0 aliphatic rings. The van der Waals surface area contributed by atoms with Crippen LogP contribution in [-0.2, 0) is 9.53 Å². The van der Waals surface area contributed by atoms with Crippen LogP contribution >= 0.6 is 0 Å². The van der Waals surface area contributed by atoms with Crippen LogP contribution in [0.3, 0.4) is 0 Å². The van der Waals surface area contributed by atoms with Crippen LogP contribution in [0.2, 0.25) is 0 Å². The lowest BCUT2D eigenvalue weighted by Crippen LogP contribution is -2.35. The summed E-state index contributed by atoms with van der Waals surface area (Å²) in [6.45, 7) is 5.03. The van der Waals surface area contributed by atoms with E-state index in [4.69, 9.17) is 15.2 Å². The van der Waals surface area contributed by atoms with Crippen LogP contribution in [0.15, 0.2) is 30.3 Å². The minimum Gasteiger partial charge on any atom is -0.490 e. The Kier molecular flexibility index (Phi) is 4.51. The summed E-state index contributed by atoms with van der Waals surface area (Å²) in [5, 5.41) is 10.6. The fourth-order valence-electron chi connectivity index (χ4n) is 1.82. The molecule has 118 valence electrons. The van der Waals surface area contributed by atoms with Crippen molar-refractivity contribution < 1.29 is 19.4 Å². The highest BCUT2D eigenvalue weighted by atomic mass is 16.6. The summed E-state index contributed by atoms with van der Waals surface area (Å²) in [5.41, 5.74) is 5.72. The molecule has 0 aliphatic carbocycles. The number of hydrogen-bond acceptors (Lipinski definition) is 6. The number of pyridine rings is 1. The van der Waals surface area contributed by atoms with E-state index < -0.39 is 17.7 Å². The Morgan fingerprint density at radius 2 is 2.05 bits per heavy atom. The highest BCUT2D eigenvalue weighted by molar-refractivity contribution is 5.81. The highest BCUT2D eigenvalue weighted by Crippen LogP contribution is 2.20. The molecule has 3 N–H and O–H groups in total. The maximum atomic E-state index is 11.7. The van der Waals surface area contributed by atoms with E-state index in [2.05, 4.69) is 4.98 Å². The number of aromatic nitrogens is 1. The largest absolute Gasteiger partial charge is 0.490 e. The molecule has 22 heavy (non-hydrogen) atoms. The zero-order valence-corrected chi connectivity index (χ0v) is 12.9. The molecule has 1 unspecified atom stereocenters. The molecule has 0 fully saturated rings. The Morgan fingerprint density at radius 1 is 1.32 bits per heavy atom. The Morgan fingerprint density at radius 3 is 2.73 bits per heavy atom. The van der Waals surface area contributed by atoms with Gasteiger partial charge in [-0.2, -0.15) is 0 Å². The number of fused-ring (bicyclic) bond motifs is 1. The molecule has 0 bridgehead atoms. The second-order valence-electron chi connectivity index (χ2n) is 5.95. The molecule has 0 spiro atoms. The predicted octanol–water partition coefficient (Wildman–Crippen LogP) is 1.90. The fraction of sp³-hybridized carbons (Fsp3) is 0.375. The summed E-state index contributed by atoms with van der Waals surface area (Å²) in [7, 11) is 0. The molecule has 1 aromatic carbocycles. The van der Waals surface area contributed by atoms with Gasteiger partial charge in [-0.25, -0.2) is 9.78 Å². The molecular formula is C16H20N2O4. The number of aliphatic hydroxyl groups is 1. The lowest BCUT2D eigenvalue weighted by atomic mass is 10.2. The summed E-state index contributed by atoms with van der Waals surface area (Å²) in [6, 6.07) is 8.76. The molecule has 0 amide bonds. The van der Waals surface area contributed by atoms with Gasteiger partial charge >= 0.3 is 5.97 Å². The van der Waals surface area contributed by atoms with Crippen LogP contribution in [0, 0.1) is 0 Å². The number of esters is 1. The Hall–Kier alpha value is -2.34. The third-order valence-corrected chi connectivity index (χ3v) is 2.77. The quantitative estimate of drug-likeness (QED) is 0.838. The number of carbonyl (C=O) groups is 1. The van der Waals surface area contributed by atoms with Gasteiger partial charge in [0.1, 0.15) is 23.8 Å². The SMILES string of the molecule is CC(C)(C)OC(=O)C(O)COc1ccc2nc(N)ccc2c1. The summed E-state index contributed by atoms with van der Waals surface area (Å²) in [4.78, 5) is 15.8. The number of rotatable bonds is 4. The minimum absolute atomic E-state index is 0.178.